The Morgan fingerprint density at radius 2 is 1.70 bits per heavy atom. The van der Waals surface area contributed by atoms with Crippen LogP contribution in [0.2, 0.25) is 5.02 Å². The van der Waals surface area contributed by atoms with Crippen molar-refractivity contribution in [2.24, 2.45) is 0 Å². The molecule has 8 nitrogen and oxygen atoms in total. The van der Waals surface area contributed by atoms with Gasteiger partial charge in [-0.2, -0.15) is 5.26 Å². The number of nitrogens with one attached hydrogen (secondary N) is 2. The number of halogens is 1. The zero-order valence-corrected chi connectivity index (χ0v) is 18.7. The van der Waals surface area contributed by atoms with Crippen molar-refractivity contribution in [1.29, 1.82) is 5.26 Å². The van der Waals surface area contributed by atoms with E-state index in [2.05, 4.69) is 10.0 Å². The number of rotatable bonds is 8. The normalized spacial score (nSPS) is 10.8. The molecule has 0 saturated heterocycles. The number of ether oxygens (including phenoxy) is 1. The van der Waals surface area contributed by atoms with Gasteiger partial charge < -0.3 is 10.1 Å². The molecule has 2 N–H and O–H groups in total. The molecule has 3 rings (SSSR count). The molecule has 0 aromatic heterocycles. The Labute approximate surface area is 195 Å². The standard InChI is InChI=1S/C23H18ClN3O5S/c24-20-11-8-18(12-21(20)33(30,31)26-14-17-4-2-1-3-5-17)23(29)32-15-22(28)27-19-9-6-16(13-25)7-10-19/h1-12,26H,14-15H2,(H,27,28). The first kappa shape index (κ1) is 23.9. The third kappa shape index (κ3) is 6.63. The number of hydrogen-bond acceptors (Lipinski definition) is 6. The molecule has 0 radical (unpaired) electrons. The summed E-state index contributed by atoms with van der Waals surface area (Å²) >= 11 is 6.05. The van der Waals surface area contributed by atoms with Crippen LogP contribution in [0.3, 0.4) is 0 Å². The summed E-state index contributed by atoms with van der Waals surface area (Å²) in [7, 11) is -4.01. The lowest BCUT2D eigenvalue weighted by atomic mass is 10.2. The van der Waals surface area contributed by atoms with Crippen molar-refractivity contribution in [2.45, 2.75) is 11.4 Å². The predicted molar refractivity (Wildman–Crippen MR) is 122 cm³/mol. The lowest BCUT2D eigenvalue weighted by molar-refractivity contribution is -0.119. The highest BCUT2D eigenvalue weighted by molar-refractivity contribution is 7.89. The molecule has 3 aromatic carbocycles. The number of nitrogens with zero attached hydrogens (tertiary/aromatic N) is 1. The van der Waals surface area contributed by atoms with Gasteiger partial charge in [0.1, 0.15) is 4.90 Å². The Balaban J connectivity index is 1.63. The van der Waals surface area contributed by atoms with E-state index in [1.165, 1.54) is 36.4 Å². The lowest BCUT2D eigenvalue weighted by Gasteiger charge is -2.11. The second-order valence-electron chi connectivity index (χ2n) is 6.77. The van der Waals surface area contributed by atoms with E-state index in [1.807, 2.05) is 12.1 Å². The highest BCUT2D eigenvalue weighted by Crippen LogP contribution is 2.23. The first-order valence-electron chi connectivity index (χ1n) is 9.59. The monoisotopic (exact) mass is 483 g/mol. The second kappa shape index (κ2) is 10.7. The SMILES string of the molecule is N#Cc1ccc(NC(=O)COC(=O)c2ccc(Cl)c(S(=O)(=O)NCc3ccccc3)c2)cc1. The van der Waals surface area contributed by atoms with Crippen molar-refractivity contribution < 1.29 is 22.7 Å². The third-order valence-corrected chi connectivity index (χ3v) is 6.28. The highest BCUT2D eigenvalue weighted by Gasteiger charge is 2.21. The van der Waals surface area contributed by atoms with E-state index in [0.29, 0.717) is 11.3 Å². The number of anilines is 1. The van der Waals surface area contributed by atoms with Gasteiger partial charge in [0.25, 0.3) is 5.91 Å². The first-order chi connectivity index (χ1) is 15.8. The Bertz CT molecular complexity index is 1300. The molecule has 0 bridgehead atoms. The van der Waals surface area contributed by atoms with E-state index in [1.54, 1.807) is 24.3 Å². The summed E-state index contributed by atoms with van der Waals surface area (Å²) in [4.78, 5) is 24.1. The fraction of sp³-hybridized carbons (Fsp3) is 0.0870. The zero-order chi connectivity index (χ0) is 23.8. The van der Waals surface area contributed by atoms with Crippen LogP contribution in [0.1, 0.15) is 21.5 Å². The molecule has 0 fully saturated rings. The van der Waals surface area contributed by atoms with Gasteiger partial charge in [0.2, 0.25) is 10.0 Å². The Hall–Kier alpha value is -3.71. The van der Waals surface area contributed by atoms with Gasteiger partial charge in [0.15, 0.2) is 6.61 Å². The minimum absolute atomic E-state index is 0.0453. The largest absolute Gasteiger partial charge is 0.452 e. The van der Waals surface area contributed by atoms with Crippen molar-refractivity contribution in [1.82, 2.24) is 4.72 Å². The Morgan fingerprint density at radius 1 is 1.00 bits per heavy atom. The van der Waals surface area contributed by atoms with E-state index in [9.17, 15) is 18.0 Å². The Morgan fingerprint density at radius 3 is 2.36 bits per heavy atom. The molecule has 0 atom stereocenters. The maximum Gasteiger partial charge on any atom is 0.338 e. The maximum atomic E-state index is 12.7. The zero-order valence-electron chi connectivity index (χ0n) is 17.1. The summed E-state index contributed by atoms with van der Waals surface area (Å²) in [6, 6.07) is 20.7. The number of sulfonamides is 1. The molecule has 0 spiro atoms. The fourth-order valence-electron chi connectivity index (χ4n) is 2.73. The average Bonchev–Trinajstić information content (AvgIpc) is 2.82. The summed E-state index contributed by atoms with van der Waals surface area (Å²) in [6.45, 7) is -0.542. The van der Waals surface area contributed by atoms with Gasteiger partial charge >= 0.3 is 5.97 Å². The smallest absolute Gasteiger partial charge is 0.338 e. The first-order valence-corrected chi connectivity index (χ1v) is 11.4. The molecule has 1 amide bonds. The third-order valence-electron chi connectivity index (χ3n) is 4.40. The van der Waals surface area contributed by atoms with E-state index in [0.717, 1.165) is 11.6 Å². The van der Waals surface area contributed by atoms with Gasteiger partial charge in [-0.25, -0.2) is 17.9 Å². The summed E-state index contributed by atoms with van der Waals surface area (Å²) in [5, 5.41) is 11.2. The van der Waals surface area contributed by atoms with Crippen LogP contribution in [0.15, 0.2) is 77.7 Å². The van der Waals surface area contributed by atoms with Gasteiger partial charge in [-0.15, -0.1) is 0 Å². The summed E-state index contributed by atoms with van der Waals surface area (Å²) in [6.07, 6.45) is 0. The van der Waals surface area contributed by atoms with Gasteiger partial charge in [0, 0.05) is 12.2 Å². The maximum absolute atomic E-state index is 12.7. The van der Waals surface area contributed by atoms with E-state index >= 15 is 0 Å². The molecular weight excluding hydrogens is 466 g/mol. The molecule has 0 saturated carbocycles. The minimum atomic E-state index is -4.01. The molecule has 0 unspecified atom stereocenters. The molecule has 3 aromatic rings. The van der Waals surface area contributed by atoms with Crippen molar-refractivity contribution in [3.05, 3.63) is 94.5 Å². The van der Waals surface area contributed by atoms with E-state index in [-0.39, 0.29) is 22.0 Å². The van der Waals surface area contributed by atoms with Gasteiger partial charge in [-0.3, -0.25) is 4.79 Å². The second-order valence-corrected chi connectivity index (χ2v) is 8.91. The molecule has 0 aliphatic carbocycles. The predicted octanol–water partition coefficient (Wildman–Crippen LogP) is 3.49. The Kier molecular flexibility index (Phi) is 7.79. The van der Waals surface area contributed by atoms with Crippen molar-refractivity contribution in [3.63, 3.8) is 0 Å². The summed E-state index contributed by atoms with van der Waals surface area (Å²) < 4.78 is 32.8. The van der Waals surface area contributed by atoms with Crippen LogP contribution >= 0.6 is 11.6 Å². The molecule has 168 valence electrons. The van der Waals surface area contributed by atoms with Crippen LogP contribution in [-0.4, -0.2) is 26.9 Å². The van der Waals surface area contributed by atoms with Crippen molar-refractivity contribution in [2.75, 3.05) is 11.9 Å². The number of carbonyl (C=O) groups is 2. The average molecular weight is 484 g/mol. The molecule has 0 aliphatic heterocycles. The van der Waals surface area contributed by atoms with Crippen LogP contribution in [0.5, 0.6) is 0 Å². The van der Waals surface area contributed by atoms with E-state index in [4.69, 9.17) is 21.6 Å². The number of nitriles is 1. The molecule has 0 heterocycles. The van der Waals surface area contributed by atoms with E-state index < -0.39 is 28.5 Å². The van der Waals surface area contributed by atoms with Crippen LogP contribution in [-0.2, 0) is 26.1 Å². The topological polar surface area (TPSA) is 125 Å². The minimum Gasteiger partial charge on any atom is -0.452 e. The van der Waals surface area contributed by atoms with Crippen molar-refractivity contribution >= 4 is 39.2 Å². The van der Waals surface area contributed by atoms with Crippen molar-refractivity contribution in [3.8, 4) is 6.07 Å². The molecular formula is C23H18ClN3O5S. The van der Waals surface area contributed by atoms with Crippen LogP contribution in [0, 0.1) is 11.3 Å². The highest BCUT2D eigenvalue weighted by atomic mass is 35.5. The molecule has 10 heteroatoms. The summed E-state index contributed by atoms with van der Waals surface area (Å²) in [5.74, 6) is -1.49. The summed E-state index contributed by atoms with van der Waals surface area (Å²) in [5.41, 5.74) is 1.54. The quantitative estimate of drug-likeness (QED) is 0.472. The lowest BCUT2D eigenvalue weighted by Crippen LogP contribution is -2.24. The number of carbonyl (C=O) groups excluding carboxylic acids is 2. The number of hydrogen-bond donors (Lipinski definition) is 2. The van der Waals surface area contributed by atoms with Crippen LogP contribution < -0.4 is 10.0 Å². The molecule has 0 aliphatic rings. The van der Waals surface area contributed by atoms with Gasteiger partial charge in [-0.1, -0.05) is 41.9 Å². The van der Waals surface area contributed by atoms with Crippen LogP contribution in [0.4, 0.5) is 5.69 Å². The number of esters is 1. The number of benzene rings is 3. The number of amides is 1. The van der Waals surface area contributed by atoms with Crippen LogP contribution in [0.25, 0.3) is 0 Å². The molecule has 33 heavy (non-hydrogen) atoms. The van der Waals surface area contributed by atoms with Gasteiger partial charge in [-0.05, 0) is 48.0 Å². The van der Waals surface area contributed by atoms with Gasteiger partial charge in [0.05, 0.1) is 22.2 Å². The fourth-order valence-corrected chi connectivity index (χ4v) is 4.27.